The zero-order valence-corrected chi connectivity index (χ0v) is 14.0. The first-order valence-electron chi connectivity index (χ1n) is 6.71. The fourth-order valence-corrected chi connectivity index (χ4v) is 2.68. The maximum Gasteiger partial charge on any atom is 0.325 e. The summed E-state index contributed by atoms with van der Waals surface area (Å²) in [6.07, 6.45) is 1.40. The number of anilines is 1. The Hall–Kier alpha value is -2.66. The van der Waals surface area contributed by atoms with Gasteiger partial charge in [-0.15, -0.1) is 0 Å². The summed E-state index contributed by atoms with van der Waals surface area (Å²) < 4.78 is 31.3. The van der Waals surface area contributed by atoms with Gasteiger partial charge in [0.15, 0.2) is 5.82 Å². The van der Waals surface area contributed by atoms with Crippen molar-refractivity contribution in [2.45, 2.75) is 18.6 Å². The maximum absolute atomic E-state index is 12.2. The first kappa shape index (κ1) is 17.7. The lowest BCUT2D eigenvalue weighted by molar-refractivity contribution is -0.137. The van der Waals surface area contributed by atoms with Crippen molar-refractivity contribution < 1.29 is 27.5 Å². The normalized spacial score (nSPS) is 11.7. The van der Waals surface area contributed by atoms with Gasteiger partial charge >= 0.3 is 5.97 Å². The van der Waals surface area contributed by atoms with E-state index in [1.54, 1.807) is 0 Å². The van der Waals surface area contributed by atoms with Crippen LogP contribution in [0.15, 0.2) is 27.8 Å². The molecular formula is C13H16N4O6S. The van der Waals surface area contributed by atoms with Crippen LogP contribution in [0.5, 0.6) is 0 Å². The molecule has 0 aromatic carbocycles. The van der Waals surface area contributed by atoms with Gasteiger partial charge in [0, 0.05) is 32.4 Å². The average Bonchev–Trinajstić information content (AvgIpc) is 3.05. The highest BCUT2D eigenvalue weighted by Crippen LogP contribution is 2.22. The molecule has 2 rings (SSSR count). The Labute approximate surface area is 137 Å². The summed E-state index contributed by atoms with van der Waals surface area (Å²) in [6, 6.07) is 2.56. The molecule has 2 N–H and O–H groups in total. The van der Waals surface area contributed by atoms with Crippen LogP contribution in [-0.4, -0.2) is 53.6 Å². The number of nitrogens with zero attached hydrogens (tertiary/aromatic N) is 3. The molecule has 10 nitrogen and oxygen atoms in total. The van der Waals surface area contributed by atoms with Crippen LogP contribution in [0.4, 0.5) is 5.82 Å². The number of furan rings is 1. The van der Waals surface area contributed by atoms with E-state index in [1.807, 2.05) is 0 Å². The summed E-state index contributed by atoms with van der Waals surface area (Å²) >= 11 is 0. The highest BCUT2D eigenvalue weighted by molar-refractivity contribution is 7.88. The van der Waals surface area contributed by atoms with E-state index in [0.717, 1.165) is 15.1 Å². The Morgan fingerprint density at radius 1 is 1.42 bits per heavy atom. The third-order valence-corrected chi connectivity index (χ3v) is 4.73. The van der Waals surface area contributed by atoms with Crippen molar-refractivity contribution in [3.63, 3.8) is 0 Å². The monoisotopic (exact) mass is 356 g/mol. The van der Waals surface area contributed by atoms with E-state index in [4.69, 9.17) is 9.52 Å². The second-order valence-corrected chi connectivity index (χ2v) is 7.15. The van der Waals surface area contributed by atoms with Crippen molar-refractivity contribution in [2.75, 3.05) is 19.4 Å². The number of sulfonamides is 1. The molecule has 0 aliphatic carbocycles. The van der Waals surface area contributed by atoms with Crippen molar-refractivity contribution in [1.82, 2.24) is 14.1 Å². The van der Waals surface area contributed by atoms with Gasteiger partial charge in [-0.1, -0.05) is 0 Å². The molecule has 2 aromatic heterocycles. The third kappa shape index (κ3) is 3.63. The second-order valence-electron chi connectivity index (χ2n) is 5.07. The highest BCUT2D eigenvalue weighted by atomic mass is 32.2. The van der Waals surface area contributed by atoms with Crippen LogP contribution in [0.3, 0.4) is 0 Å². The predicted molar refractivity (Wildman–Crippen MR) is 82.1 cm³/mol. The SMILES string of the molecule is Cc1oc(S(=O)(=O)N(C)C)cc1C(=O)Nc1ccn(CC(=O)O)n1. The van der Waals surface area contributed by atoms with Gasteiger partial charge in [0.05, 0.1) is 5.56 Å². The number of carboxylic acids is 1. The van der Waals surface area contributed by atoms with Gasteiger partial charge in [0.1, 0.15) is 12.3 Å². The molecule has 0 aliphatic heterocycles. The van der Waals surface area contributed by atoms with E-state index < -0.39 is 21.9 Å². The lowest BCUT2D eigenvalue weighted by Gasteiger charge is -2.07. The number of hydrogen-bond donors (Lipinski definition) is 2. The average molecular weight is 356 g/mol. The minimum Gasteiger partial charge on any atom is -0.480 e. The number of rotatable bonds is 6. The molecule has 0 atom stereocenters. The molecule has 0 saturated heterocycles. The lowest BCUT2D eigenvalue weighted by atomic mass is 10.2. The van der Waals surface area contributed by atoms with E-state index >= 15 is 0 Å². The Morgan fingerprint density at radius 2 is 2.08 bits per heavy atom. The molecule has 2 aromatic rings. The van der Waals surface area contributed by atoms with Crippen molar-refractivity contribution >= 4 is 27.7 Å². The quantitative estimate of drug-likeness (QED) is 0.763. The number of carbonyl (C=O) groups is 2. The fraction of sp³-hybridized carbons (Fsp3) is 0.308. The van der Waals surface area contributed by atoms with Gasteiger partial charge in [-0.25, -0.2) is 12.7 Å². The zero-order chi connectivity index (χ0) is 18.1. The minimum absolute atomic E-state index is 0.0446. The van der Waals surface area contributed by atoms with E-state index in [1.165, 1.54) is 33.3 Å². The summed E-state index contributed by atoms with van der Waals surface area (Å²) in [6.45, 7) is 1.12. The Kier molecular flexibility index (Phi) is 4.76. The molecule has 11 heteroatoms. The summed E-state index contributed by atoms with van der Waals surface area (Å²) in [7, 11) is -1.09. The lowest BCUT2D eigenvalue weighted by Crippen LogP contribution is -2.21. The zero-order valence-electron chi connectivity index (χ0n) is 13.2. The Bertz CT molecular complexity index is 880. The van der Waals surface area contributed by atoms with Crippen LogP contribution in [-0.2, 0) is 21.4 Å². The second kappa shape index (κ2) is 6.45. The van der Waals surface area contributed by atoms with E-state index in [9.17, 15) is 18.0 Å². The standard InChI is InChI=1S/C13H16N4O6S/c1-8-9(6-12(23-8)24(21,22)16(2)3)13(20)14-10-4-5-17(15-10)7-11(18)19/h4-6H,7H2,1-3H3,(H,18,19)(H,14,15,20). The molecular weight excluding hydrogens is 340 g/mol. The summed E-state index contributed by atoms with van der Waals surface area (Å²) in [5.41, 5.74) is 0.0446. The smallest absolute Gasteiger partial charge is 0.325 e. The van der Waals surface area contributed by atoms with Crippen molar-refractivity contribution in [1.29, 1.82) is 0 Å². The number of carboxylic acid groups (broad SMARTS) is 1. The van der Waals surface area contributed by atoms with Crippen LogP contribution >= 0.6 is 0 Å². The molecule has 0 unspecified atom stereocenters. The minimum atomic E-state index is -3.79. The van der Waals surface area contributed by atoms with Gasteiger partial charge in [0.25, 0.3) is 15.9 Å². The highest BCUT2D eigenvalue weighted by Gasteiger charge is 2.26. The molecule has 0 saturated carbocycles. The van der Waals surface area contributed by atoms with Gasteiger partial charge < -0.3 is 14.8 Å². The van der Waals surface area contributed by atoms with E-state index in [2.05, 4.69) is 10.4 Å². The Morgan fingerprint density at radius 3 is 2.67 bits per heavy atom. The number of amides is 1. The summed E-state index contributed by atoms with van der Waals surface area (Å²) in [5, 5.41) is 14.7. The molecule has 0 fully saturated rings. The van der Waals surface area contributed by atoms with Gasteiger partial charge in [-0.2, -0.15) is 5.10 Å². The largest absolute Gasteiger partial charge is 0.480 e. The van der Waals surface area contributed by atoms with Crippen LogP contribution < -0.4 is 5.32 Å². The molecule has 0 aliphatic rings. The van der Waals surface area contributed by atoms with Crippen molar-refractivity contribution in [3.8, 4) is 0 Å². The number of nitrogens with one attached hydrogen (secondary N) is 1. The number of aryl methyl sites for hydroxylation is 1. The van der Waals surface area contributed by atoms with Crippen LogP contribution in [0.25, 0.3) is 0 Å². The maximum atomic E-state index is 12.2. The number of aliphatic carboxylic acids is 1. The van der Waals surface area contributed by atoms with E-state index in [-0.39, 0.29) is 28.8 Å². The summed E-state index contributed by atoms with van der Waals surface area (Å²) in [4.78, 5) is 22.8. The van der Waals surface area contributed by atoms with Gasteiger partial charge in [-0.05, 0) is 6.92 Å². The first-order valence-corrected chi connectivity index (χ1v) is 8.15. The molecule has 130 valence electrons. The predicted octanol–water partition coefficient (Wildman–Crippen LogP) is 0.372. The van der Waals surface area contributed by atoms with Crippen LogP contribution in [0.1, 0.15) is 16.1 Å². The topological polar surface area (TPSA) is 135 Å². The van der Waals surface area contributed by atoms with Crippen molar-refractivity contribution in [3.05, 3.63) is 29.7 Å². The van der Waals surface area contributed by atoms with Crippen LogP contribution in [0, 0.1) is 6.92 Å². The molecule has 0 bridgehead atoms. The molecule has 1 amide bonds. The van der Waals surface area contributed by atoms with Gasteiger partial charge in [0.2, 0.25) is 5.09 Å². The van der Waals surface area contributed by atoms with E-state index in [0.29, 0.717) is 0 Å². The number of carbonyl (C=O) groups excluding carboxylic acids is 1. The van der Waals surface area contributed by atoms with Crippen molar-refractivity contribution in [2.24, 2.45) is 0 Å². The number of aromatic nitrogens is 2. The fourth-order valence-electron chi connectivity index (χ4n) is 1.83. The summed E-state index contributed by atoms with van der Waals surface area (Å²) in [5.74, 6) is -1.41. The number of hydrogen-bond acceptors (Lipinski definition) is 6. The van der Waals surface area contributed by atoms with Gasteiger partial charge in [-0.3, -0.25) is 14.3 Å². The molecule has 0 radical (unpaired) electrons. The molecule has 2 heterocycles. The first-order chi connectivity index (χ1) is 11.1. The third-order valence-electron chi connectivity index (χ3n) is 3.05. The Balaban J connectivity index is 2.20. The van der Waals surface area contributed by atoms with Crippen LogP contribution in [0.2, 0.25) is 0 Å². The molecule has 0 spiro atoms. The molecule has 24 heavy (non-hydrogen) atoms.